The van der Waals surface area contributed by atoms with Crippen LogP contribution in [0, 0.1) is 0 Å². The number of esters is 2. The molecule has 572 valence electrons. The Morgan fingerprint density at radius 3 is 1.71 bits per heavy atom. The standard InChI is InChI=1S/C63H86N6O34/c1-2-63(30-19-33-42-28(18-27-6-3-4-7-31(27)68-42)21-69(33)55(86)29(30)26-94-60(63)87)103-41(77)10-9-39(75)67-32(34(74)8-5-12-90-14-16-92-58-53(47(82)43(78)35(22-70)97-58)99-56-49(84)51(101-61(64)88)45(80)37(24-72)95-56)20-40(76)66-11-13-91-15-17-93-59-54(48(83)44(79)36(23-71)98-59)100-57-50(85)52(102-62(65)89)46(81)38(25-73)96-57/h3-4,6-7,18-19,32,35-38,43-54,56-59,70-73,78-85H,2,5,8-17,20-26H2,1H3,(H2,64,88)(H2,65,89)(H,66,76)(H,67,75)/t32?,35-,36-,37+,38+,43+,44+,45+,46+,47-,48-,49-,50-,51-,52-,53-,54-,56+,57+,58-,59-,63-/m0/s1. The second kappa shape index (κ2) is 36.2. The zero-order valence-corrected chi connectivity index (χ0v) is 55.4. The van der Waals surface area contributed by atoms with Gasteiger partial charge in [-0.1, -0.05) is 25.1 Å². The number of fused-ring (bicyclic) bond motifs is 5. The van der Waals surface area contributed by atoms with Crippen LogP contribution < -0.4 is 27.7 Å². The van der Waals surface area contributed by atoms with Gasteiger partial charge >= 0.3 is 24.1 Å². The van der Waals surface area contributed by atoms with Gasteiger partial charge in [0.15, 0.2) is 43.2 Å². The van der Waals surface area contributed by atoms with Crippen molar-refractivity contribution < 1.29 is 161 Å². The number of hydrogen-bond donors (Lipinski definition) is 16. The molecule has 0 radical (unpaired) electrons. The van der Waals surface area contributed by atoms with Crippen molar-refractivity contribution in [2.24, 2.45) is 11.5 Å². The molecule has 6 aliphatic heterocycles. The van der Waals surface area contributed by atoms with Crippen molar-refractivity contribution in [1.29, 1.82) is 0 Å². The van der Waals surface area contributed by atoms with Crippen LogP contribution >= 0.6 is 0 Å². The Bertz CT molecular complexity index is 3500. The van der Waals surface area contributed by atoms with Crippen LogP contribution in [0.15, 0.2) is 41.2 Å². The number of para-hydroxylation sites is 1. The Labute approximate surface area is 584 Å². The highest BCUT2D eigenvalue weighted by atomic mass is 16.8. The number of nitrogens with one attached hydrogen (secondary N) is 2. The first-order valence-electron chi connectivity index (χ1n) is 33.0. The topological polar surface area (TPSA) is 602 Å². The molecule has 18 N–H and O–H groups in total. The van der Waals surface area contributed by atoms with Crippen LogP contribution in [0.5, 0.6) is 0 Å². The molecule has 0 saturated carbocycles. The summed E-state index contributed by atoms with van der Waals surface area (Å²) in [6.45, 7) is -3.90. The molecule has 40 heteroatoms. The van der Waals surface area contributed by atoms with Crippen molar-refractivity contribution >= 4 is 52.6 Å². The zero-order valence-electron chi connectivity index (χ0n) is 55.4. The number of amides is 4. The number of rotatable bonds is 34. The molecule has 0 spiro atoms. The van der Waals surface area contributed by atoms with Crippen LogP contribution in [-0.2, 0) is 109 Å². The predicted octanol–water partition coefficient (Wildman–Crippen LogP) is -7.73. The lowest BCUT2D eigenvalue weighted by atomic mass is 9.85. The second-order valence-electron chi connectivity index (χ2n) is 24.8. The number of hydrogen-bond acceptors (Lipinski definition) is 35. The van der Waals surface area contributed by atoms with E-state index in [9.17, 15) is 99.6 Å². The molecule has 4 saturated heterocycles. The average molecular weight is 1470 g/mol. The summed E-state index contributed by atoms with van der Waals surface area (Å²) in [4.78, 5) is 111. The third-order valence-electron chi connectivity index (χ3n) is 18.0. The molecule has 8 heterocycles. The van der Waals surface area contributed by atoms with Crippen molar-refractivity contribution in [3.63, 3.8) is 0 Å². The van der Waals surface area contributed by atoms with Crippen molar-refractivity contribution in [2.45, 2.75) is 193 Å². The van der Waals surface area contributed by atoms with Crippen LogP contribution in [0.2, 0.25) is 0 Å². The summed E-state index contributed by atoms with van der Waals surface area (Å²) >= 11 is 0. The number of Topliss-reactive ketones (excluding diaryl/α,β-unsaturated/α-hetero) is 1. The van der Waals surface area contributed by atoms with Gasteiger partial charge in [-0.15, -0.1) is 0 Å². The lowest BCUT2D eigenvalue weighted by Crippen LogP contribution is -2.65. The Morgan fingerprint density at radius 2 is 1.17 bits per heavy atom. The Kier molecular flexibility index (Phi) is 28.1. The normalized spacial score (nSPS) is 32.1. The number of pyridine rings is 2. The molecule has 9 rings (SSSR count). The molecule has 22 atom stereocenters. The van der Waals surface area contributed by atoms with E-state index in [1.54, 1.807) is 13.0 Å². The van der Waals surface area contributed by atoms with E-state index in [0.29, 0.717) is 16.9 Å². The number of carbonyl (C=O) groups is 7. The summed E-state index contributed by atoms with van der Waals surface area (Å²) in [5.41, 5.74) is 10.00. The number of nitrogens with two attached hydrogens (primary N) is 2. The summed E-state index contributed by atoms with van der Waals surface area (Å²) < 4.78 is 78.7. The van der Waals surface area contributed by atoms with E-state index in [4.69, 9.17) is 82.8 Å². The highest BCUT2D eigenvalue weighted by molar-refractivity contribution is 5.94. The molecule has 2 aromatic heterocycles. The Balaban J connectivity index is 0.801. The Hall–Kier alpha value is -7.21. The van der Waals surface area contributed by atoms with Gasteiger partial charge in [-0.25, -0.2) is 19.4 Å². The quantitative estimate of drug-likeness (QED) is 0.0117. The van der Waals surface area contributed by atoms with Crippen LogP contribution in [0.3, 0.4) is 0 Å². The van der Waals surface area contributed by atoms with Gasteiger partial charge in [0, 0.05) is 42.5 Å². The monoisotopic (exact) mass is 1470 g/mol. The number of ether oxygens (including phenoxy) is 14. The number of ketones is 1. The first-order chi connectivity index (χ1) is 49.3. The van der Waals surface area contributed by atoms with Gasteiger partial charge in [0.05, 0.1) is 107 Å². The number of aliphatic hydroxyl groups is 12. The van der Waals surface area contributed by atoms with Crippen molar-refractivity contribution in [3.05, 3.63) is 63.4 Å². The fourth-order valence-electron chi connectivity index (χ4n) is 12.6. The smallest absolute Gasteiger partial charge is 0.404 e. The van der Waals surface area contributed by atoms with Gasteiger partial charge < -0.3 is 154 Å². The predicted molar refractivity (Wildman–Crippen MR) is 335 cm³/mol. The van der Waals surface area contributed by atoms with Crippen molar-refractivity contribution in [1.82, 2.24) is 20.2 Å². The number of benzene rings is 1. The minimum absolute atomic E-state index is 0.0424. The van der Waals surface area contributed by atoms with E-state index < -0.39 is 234 Å². The summed E-state index contributed by atoms with van der Waals surface area (Å²) in [5.74, 6) is -4.42. The minimum Gasteiger partial charge on any atom is -0.457 e. The third-order valence-corrected chi connectivity index (χ3v) is 18.0. The van der Waals surface area contributed by atoms with E-state index in [0.717, 1.165) is 10.9 Å². The van der Waals surface area contributed by atoms with Crippen molar-refractivity contribution in [3.8, 4) is 11.4 Å². The molecule has 0 bridgehead atoms. The van der Waals surface area contributed by atoms with E-state index in [-0.39, 0.29) is 83.1 Å². The number of carbonyl (C=O) groups excluding carboxylic acids is 7. The molecule has 4 amide bonds. The third kappa shape index (κ3) is 18.5. The fourth-order valence-corrected chi connectivity index (χ4v) is 12.6. The second-order valence-corrected chi connectivity index (χ2v) is 24.8. The summed E-state index contributed by atoms with van der Waals surface area (Å²) in [7, 11) is 0. The number of nitrogens with zero attached hydrogens (tertiary/aromatic N) is 2. The molecule has 40 nitrogen and oxygen atoms in total. The summed E-state index contributed by atoms with van der Waals surface area (Å²) in [6, 6.07) is 9.29. The highest BCUT2D eigenvalue weighted by Crippen LogP contribution is 2.42. The Morgan fingerprint density at radius 1 is 0.631 bits per heavy atom. The first-order valence-corrected chi connectivity index (χ1v) is 33.0. The largest absolute Gasteiger partial charge is 0.457 e. The molecule has 4 fully saturated rings. The van der Waals surface area contributed by atoms with E-state index >= 15 is 0 Å². The summed E-state index contributed by atoms with van der Waals surface area (Å²) in [6.07, 6.45) is -40.3. The number of cyclic esters (lactones) is 1. The molecule has 1 unspecified atom stereocenters. The number of aromatic nitrogens is 2. The van der Waals surface area contributed by atoms with Gasteiger partial charge in [0.1, 0.15) is 92.1 Å². The van der Waals surface area contributed by atoms with Gasteiger partial charge in [-0.2, -0.15) is 0 Å². The molecular weight excluding hydrogens is 1380 g/mol. The first kappa shape index (κ1) is 79.9. The maximum Gasteiger partial charge on any atom is 0.404 e. The van der Waals surface area contributed by atoms with E-state index in [1.165, 1.54) is 4.57 Å². The summed E-state index contributed by atoms with van der Waals surface area (Å²) in [5, 5.41) is 131. The van der Waals surface area contributed by atoms with Crippen molar-refractivity contribution in [2.75, 3.05) is 72.6 Å². The maximum atomic E-state index is 14.1. The highest BCUT2D eigenvalue weighted by Gasteiger charge is 2.55. The van der Waals surface area contributed by atoms with Crippen LogP contribution in [0.25, 0.3) is 22.3 Å². The van der Waals surface area contributed by atoms with Gasteiger partial charge in [0.25, 0.3) is 5.56 Å². The van der Waals surface area contributed by atoms with Crippen LogP contribution in [-0.4, -0.2) is 314 Å². The van der Waals surface area contributed by atoms with E-state index in [2.05, 4.69) is 10.6 Å². The molecule has 1 aromatic carbocycles. The SMILES string of the molecule is CC[C@@]1(OC(=O)CCC(=O)NC(CC(=O)NCCOCCO[C@H]2O[C@@H](CO)[C@@H](O)[C@H](O)[C@@H]2O[C@H]2O[C@H](CO)[C@@H](O)[C@H](OC(N)=O)[C@@H]2O)C(=O)CCCOCCO[C@H]2O[C@@H](CO)[C@@H](O)[C@H](O)[C@@H]2O[C@H]2O[C@H](CO)[C@@H](O)[C@H](OC(N)=O)[C@@H]2O)C(=O)OCc2c1cc1n(c2=O)Cc2cc3ccccc3nc2-1. The van der Waals surface area contributed by atoms with E-state index in [1.807, 2.05) is 30.3 Å². The average Bonchev–Trinajstić information content (AvgIpc) is 1.67. The van der Waals surface area contributed by atoms with Gasteiger partial charge in [-0.05, 0) is 31.0 Å². The molecule has 6 aliphatic rings. The zero-order chi connectivity index (χ0) is 74.6. The van der Waals surface area contributed by atoms with Crippen LogP contribution in [0.1, 0.15) is 62.1 Å². The molecule has 103 heavy (non-hydrogen) atoms. The minimum atomic E-state index is -2.13. The fraction of sp³-hybridized carbons (Fsp3) is 0.667. The van der Waals surface area contributed by atoms with Gasteiger partial charge in [0.2, 0.25) is 17.4 Å². The van der Waals surface area contributed by atoms with Gasteiger partial charge in [-0.3, -0.25) is 24.0 Å². The lowest BCUT2D eigenvalue weighted by Gasteiger charge is -2.46. The van der Waals surface area contributed by atoms with Crippen LogP contribution in [0.4, 0.5) is 9.59 Å². The maximum absolute atomic E-state index is 14.1. The number of primary amides is 2. The number of aliphatic hydroxyl groups excluding tert-OH is 12. The molecule has 0 aliphatic carbocycles. The molecular formula is C63H86N6O34. The lowest BCUT2D eigenvalue weighted by molar-refractivity contribution is -0.367. The molecule has 3 aromatic rings.